The maximum Gasteiger partial charge on any atom is 0.338 e. The highest BCUT2D eigenvalue weighted by atomic mass is 16.5. The standard InChI is InChI=1S/C15H16O3/c1-3-10(2)18-15(17)12-8-11-6-4-5-7-13(11)14(16)9-12/h4-10,16H,3H2,1-2H3. The molecule has 0 aliphatic rings. The topological polar surface area (TPSA) is 46.5 Å². The lowest BCUT2D eigenvalue weighted by atomic mass is 10.1. The van der Waals surface area contributed by atoms with Crippen LogP contribution in [0.3, 0.4) is 0 Å². The molecule has 1 N–H and O–H groups in total. The van der Waals surface area contributed by atoms with Crippen LogP contribution in [0.4, 0.5) is 0 Å². The van der Waals surface area contributed by atoms with Crippen LogP contribution in [-0.2, 0) is 4.74 Å². The number of phenols is 1. The second-order valence-corrected chi connectivity index (χ2v) is 4.34. The third-order valence-corrected chi connectivity index (χ3v) is 2.96. The number of rotatable bonds is 3. The van der Waals surface area contributed by atoms with Crippen molar-refractivity contribution in [2.45, 2.75) is 26.4 Å². The van der Waals surface area contributed by atoms with Crippen LogP contribution in [0, 0.1) is 0 Å². The number of hydrogen-bond donors (Lipinski definition) is 1. The predicted molar refractivity (Wildman–Crippen MR) is 70.8 cm³/mol. The molecule has 94 valence electrons. The molecule has 0 spiro atoms. The van der Waals surface area contributed by atoms with Crippen molar-refractivity contribution in [2.75, 3.05) is 0 Å². The van der Waals surface area contributed by atoms with Crippen molar-refractivity contribution in [3.05, 3.63) is 42.0 Å². The van der Waals surface area contributed by atoms with E-state index in [1.807, 2.05) is 38.1 Å². The minimum absolute atomic E-state index is 0.101. The Bertz CT molecular complexity index is 575. The summed E-state index contributed by atoms with van der Waals surface area (Å²) >= 11 is 0. The molecule has 2 aromatic carbocycles. The SMILES string of the molecule is CCC(C)OC(=O)c1cc(O)c2ccccc2c1. The molecule has 2 aromatic rings. The van der Waals surface area contributed by atoms with Crippen LogP contribution in [0.25, 0.3) is 10.8 Å². The average molecular weight is 244 g/mol. The van der Waals surface area contributed by atoms with Crippen LogP contribution in [0.5, 0.6) is 5.75 Å². The van der Waals surface area contributed by atoms with Gasteiger partial charge in [0.1, 0.15) is 5.75 Å². The van der Waals surface area contributed by atoms with Crippen molar-refractivity contribution in [3.63, 3.8) is 0 Å². The Morgan fingerprint density at radius 3 is 2.78 bits per heavy atom. The van der Waals surface area contributed by atoms with Crippen molar-refractivity contribution in [1.29, 1.82) is 0 Å². The van der Waals surface area contributed by atoms with Crippen LogP contribution in [-0.4, -0.2) is 17.2 Å². The fourth-order valence-electron chi connectivity index (χ4n) is 1.74. The molecular formula is C15H16O3. The Kier molecular flexibility index (Phi) is 3.51. The summed E-state index contributed by atoms with van der Waals surface area (Å²) in [4.78, 5) is 11.9. The van der Waals surface area contributed by atoms with Crippen LogP contribution in [0.15, 0.2) is 36.4 Å². The van der Waals surface area contributed by atoms with Gasteiger partial charge in [0.15, 0.2) is 0 Å². The van der Waals surface area contributed by atoms with Crippen LogP contribution in [0.1, 0.15) is 30.6 Å². The van der Waals surface area contributed by atoms with Crippen LogP contribution < -0.4 is 0 Å². The molecule has 3 nitrogen and oxygen atoms in total. The number of phenolic OH excluding ortho intramolecular Hbond substituents is 1. The van der Waals surface area contributed by atoms with Gasteiger partial charge in [-0.15, -0.1) is 0 Å². The zero-order valence-electron chi connectivity index (χ0n) is 10.5. The van der Waals surface area contributed by atoms with Crippen molar-refractivity contribution < 1.29 is 14.6 Å². The number of benzene rings is 2. The first-order chi connectivity index (χ1) is 8.61. The zero-order chi connectivity index (χ0) is 13.1. The summed E-state index contributed by atoms with van der Waals surface area (Å²) < 4.78 is 5.24. The van der Waals surface area contributed by atoms with E-state index in [1.165, 1.54) is 6.07 Å². The van der Waals surface area contributed by atoms with E-state index in [2.05, 4.69) is 0 Å². The molecule has 0 aliphatic heterocycles. The van der Waals surface area contributed by atoms with Gasteiger partial charge in [0.2, 0.25) is 0 Å². The van der Waals surface area contributed by atoms with Gasteiger partial charge in [-0.3, -0.25) is 0 Å². The number of ether oxygens (including phenoxy) is 1. The number of carbonyl (C=O) groups is 1. The van der Waals surface area contributed by atoms with Gasteiger partial charge >= 0.3 is 5.97 Å². The van der Waals surface area contributed by atoms with Gasteiger partial charge in [-0.25, -0.2) is 4.79 Å². The smallest absolute Gasteiger partial charge is 0.338 e. The van der Waals surface area contributed by atoms with E-state index in [9.17, 15) is 9.90 Å². The second kappa shape index (κ2) is 5.08. The monoisotopic (exact) mass is 244 g/mol. The molecule has 0 heterocycles. The average Bonchev–Trinajstić information content (AvgIpc) is 2.38. The molecule has 0 amide bonds. The number of hydrogen-bond acceptors (Lipinski definition) is 3. The first-order valence-corrected chi connectivity index (χ1v) is 6.04. The summed E-state index contributed by atoms with van der Waals surface area (Å²) in [5, 5.41) is 11.4. The highest BCUT2D eigenvalue weighted by Gasteiger charge is 2.13. The zero-order valence-corrected chi connectivity index (χ0v) is 10.5. The molecule has 18 heavy (non-hydrogen) atoms. The molecular weight excluding hydrogens is 228 g/mol. The molecule has 0 bridgehead atoms. The number of esters is 1. The van der Waals surface area contributed by atoms with Gasteiger partial charge in [0.05, 0.1) is 11.7 Å². The van der Waals surface area contributed by atoms with Crippen molar-refractivity contribution in [2.24, 2.45) is 0 Å². The number of aromatic hydroxyl groups is 1. The van der Waals surface area contributed by atoms with Gasteiger partial charge in [-0.1, -0.05) is 31.2 Å². The predicted octanol–water partition coefficient (Wildman–Crippen LogP) is 3.50. The molecule has 2 rings (SSSR count). The lowest BCUT2D eigenvalue weighted by Crippen LogP contribution is -2.13. The first kappa shape index (κ1) is 12.4. The molecule has 3 heteroatoms. The highest BCUT2D eigenvalue weighted by molar-refractivity contribution is 5.98. The minimum Gasteiger partial charge on any atom is -0.507 e. The third-order valence-electron chi connectivity index (χ3n) is 2.96. The fraction of sp³-hybridized carbons (Fsp3) is 0.267. The van der Waals surface area contributed by atoms with Gasteiger partial charge < -0.3 is 9.84 Å². The summed E-state index contributed by atoms with van der Waals surface area (Å²) in [6.07, 6.45) is 0.650. The van der Waals surface area contributed by atoms with Crippen molar-refractivity contribution in [1.82, 2.24) is 0 Å². The van der Waals surface area contributed by atoms with E-state index >= 15 is 0 Å². The molecule has 0 fully saturated rings. The van der Waals surface area contributed by atoms with E-state index in [0.717, 1.165) is 17.2 Å². The van der Waals surface area contributed by atoms with Gasteiger partial charge in [0, 0.05) is 5.39 Å². The molecule has 0 aromatic heterocycles. The summed E-state index contributed by atoms with van der Waals surface area (Å²) in [7, 11) is 0. The summed E-state index contributed by atoms with van der Waals surface area (Å²) in [6.45, 7) is 3.80. The van der Waals surface area contributed by atoms with Crippen LogP contribution in [0.2, 0.25) is 0 Å². The summed E-state index contributed by atoms with van der Waals surface area (Å²) in [6, 6.07) is 10.6. The van der Waals surface area contributed by atoms with Crippen molar-refractivity contribution in [3.8, 4) is 5.75 Å². The Labute approximate surface area is 106 Å². The van der Waals surface area contributed by atoms with E-state index in [4.69, 9.17) is 4.74 Å². The molecule has 0 saturated heterocycles. The molecule has 0 aliphatic carbocycles. The van der Waals surface area contributed by atoms with E-state index < -0.39 is 5.97 Å². The number of carbonyl (C=O) groups excluding carboxylic acids is 1. The normalized spacial score (nSPS) is 12.3. The molecule has 0 radical (unpaired) electrons. The molecule has 0 saturated carbocycles. The van der Waals surface area contributed by atoms with Gasteiger partial charge in [-0.05, 0) is 30.9 Å². The second-order valence-electron chi connectivity index (χ2n) is 4.34. The Balaban J connectivity index is 2.37. The van der Waals surface area contributed by atoms with Gasteiger partial charge in [0.25, 0.3) is 0 Å². The van der Waals surface area contributed by atoms with E-state index in [-0.39, 0.29) is 11.9 Å². The molecule has 1 atom stereocenters. The van der Waals surface area contributed by atoms with E-state index in [1.54, 1.807) is 6.07 Å². The van der Waals surface area contributed by atoms with E-state index in [0.29, 0.717) is 5.56 Å². The quantitative estimate of drug-likeness (QED) is 0.840. The highest BCUT2D eigenvalue weighted by Crippen LogP contribution is 2.26. The maximum absolute atomic E-state index is 11.9. The van der Waals surface area contributed by atoms with Crippen molar-refractivity contribution >= 4 is 16.7 Å². The lowest BCUT2D eigenvalue weighted by molar-refractivity contribution is 0.0334. The Morgan fingerprint density at radius 1 is 1.33 bits per heavy atom. The van der Waals surface area contributed by atoms with Gasteiger partial charge in [-0.2, -0.15) is 0 Å². The summed E-state index contributed by atoms with van der Waals surface area (Å²) in [5.74, 6) is -0.297. The number of fused-ring (bicyclic) bond motifs is 1. The first-order valence-electron chi connectivity index (χ1n) is 6.04. The maximum atomic E-state index is 11.9. The lowest BCUT2D eigenvalue weighted by Gasteiger charge is -2.11. The van der Waals surface area contributed by atoms with Crippen LogP contribution >= 0.6 is 0 Å². The summed E-state index contributed by atoms with van der Waals surface area (Å²) in [5.41, 5.74) is 0.381. The molecule has 1 unspecified atom stereocenters. The Hall–Kier alpha value is -2.03. The largest absolute Gasteiger partial charge is 0.507 e. The minimum atomic E-state index is -0.398. The Morgan fingerprint density at radius 2 is 2.06 bits per heavy atom. The third kappa shape index (κ3) is 2.45. The fourth-order valence-corrected chi connectivity index (χ4v) is 1.74.